The molecular weight excluding hydrogens is 493 g/mol. The van der Waals surface area contributed by atoms with Crippen LogP contribution in [-0.2, 0) is 0 Å². The van der Waals surface area contributed by atoms with E-state index in [0.717, 1.165) is 5.69 Å². The standard InChI is InChI=1S/C24H21BrNP.BrH/c25-27(20-12-4-1-5-13-20,21-14-6-2-7-15-21,22-16-8-3-9-17-22)24-19-11-10-18-23(24)26;/h1-19H,26H2;1H. The van der Waals surface area contributed by atoms with Crippen molar-refractivity contribution in [2.24, 2.45) is 0 Å². The number of hydrogen-bond donors (Lipinski definition) is 1. The quantitative estimate of drug-likeness (QED) is 0.394. The van der Waals surface area contributed by atoms with Gasteiger partial charge in [0.2, 0.25) is 0 Å². The normalized spacial score (nSPS) is 12.4. The molecule has 142 valence electrons. The fourth-order valence-electron chi connectivity index (χ4n) is 3.91. The number of rotatable bonds is 4. The van der Waals surface area contributed by atoms with Crippen LogP contribution in [0, 0.1) is 0 Å². The molecule has 0 amide bonds. The zero-order chi connectivity index (χ0) is 18.8. The van der Waals surface area contributed by atoms with Crippen molar-refractivity contribution in [3.8, 4) is 0 Å². The van der Waals surface area contributed by atoms with E-state index in [-0.39, 0.29) is 17.0 Å². The Morgan fingerprint density at radius 1 is 0.500 bits per heavy atom. The molecule has 4 rings (SSSR count). The zero-order valence-corrected chi connectivity index (χ0v) is 19.4. The van der Waals surface area contributed by atoms with Gasteiger partial charge in [0.1, 0.15) is 0 Å². The van der Waals surface area contributed by atoms with Crippen LogP contribution in [0.15, 0.2) is 115 Å². The average Bonchev–Trinajstić information content (AvgIpc) is 2.75. The van der Waals surface area contributed by atoms with Crippen LogP contribution in [0.3, 0.4) is 0 Å². The molecule has 0 fully saturated rings. The summed E-state index contributed by atoms with van der Waals surface area (Å²) in [5.41, 5.74) is 5.46. The van der Waals surface area contributed by atoms with Crippen LogP contribution in [0.5, 0.6) is 0 Å². The van der Waals surface area contributed by atoms with Crippen LogP contribution >= 0.6 is 20.8 Å². The summed E-state index contributed by atoms with van der Waals surface area (Å²) in [4.78, 5) is 0. The van der Waals surface area contributed by atoms with E-state index >= 15 is 0 Å². The number of quaternary nitrogens is 1. The number of halogens is 2. The first-order chi connectivity index (χ1) is 13.2. The minimum atomic E-state index is -3.11. The van der Waals surface area contributed by atoms with E-state index in [1.54, 1.807) is 0 Å². The molecule has 3 N–H and O–H groups in total. The molecule has 4 aromatic rings. The topological polar surface area (TPSA) is 27.6 Å². The van der Waals surface area contributed by atoms with Crippen molar-refractivity contribution in [3.05, 3.63) is 115 Å². The summed E-state index contributed by atoms with van der Waals surface area (Å²) >= 11 is 4.47. The second kappa shape index (κ2) is 8.31. The molecular formula is C24H22Br2NP. The summed E-state index contributed by atoms with van der Waals surface area (Å²) in [5, 5.41) is 1.95. The van der Waals surface area contributed by atoms with Crippen molar-refractivity contribution in [2.75, 3.05) is 0 Å². The SMILES string of the molecule is [Br-].[NH3+]c1ccccc1P(Br)(c1ccccc1)(c1ccccc1)c1ccccc1. The summed E-state index contributed by atoms with van der Waals surface area (Å²) < 4.78 is 0. The summed E-state index contributed by atoms with van der Waals surface area (Å²) in [6.45, 7) is 0. The molecule has 0 aliphatic heterocycles. The zero-order valence-electron chi connectivity index (χ0n) is 15.4. The Labute approximate surface area is 185 Å². The number of hydrogen-bond acceptors (Lipinski definition) is 0. The van der Waals surface area contributed by atoms with Gasteiger partial charge < -0.3 is 17.0 Å². The third-order valence-corrected chi connectivity index (χ3v) is 15.1. The van der Waals surface area contributed by atoms with E-state index in [1.165, 1.54) is 21.2 Å². The Hall–Kier alpha value is -1.77. The summed E-state index contributed by atoms with van der Waals surface area (Å²) in [7, 11) is 0. The van der Waals surface area contributed by atoms with Crippen LogP contribution in [0.2, 0.25) is 0 Å². The second-order valence-corrected chi connectivity index (χ2v) is 14.9. The van der Waals surface area contributed by atoms with E-state index in [1.807, 2.05) is 0 Å². The molecule has 0 radical (unpaired) electrons. The minimum absolute atomic E-state index is 0. The van der Waals surface area contributed by atoms with Gasteiger partial charge in [-0.15, -0.1) is 0 Å². The summed E-state index contributed by atoms with van der Waals surface area (Å²) in [6.07, 6.45) is 0. The Morgan fingerprint density at radius 2 is 0.821 bits per heavy atom. The molecule has 0 saturated heterocycles. The first kappa shape index (κ1) is 21.0. The van der Waals surface area contributed by atoms with Crippen molar-refractivity contribution in [1.82, 2.24) is 0 Å². The van der Waals surface area contributed by atoms with Gasteiger partial charge in [-0.05, 0) is 0 Å². The van der Waals surface area contributed by atoms with Crippen molar-refractivity contribution in [2.45, 2.75) is 0 Å². The fraction of sp³-hybridized carbons (Fsp3) is 0. The molecule has 4 heteroatoms. The van der Waals surface area contributed by atoms with Gasteiger partial charge in [-0.3, -0.25) is 0 Å². The molecule has 0 aliphatic rings. The van der Waals surface area contributed by atoms with Gasteiger partial charge >= 0.3 is 169 Å². The van der Waals surface area contributed by atoms with E-state index in [0.29, 0.717) is 0 Å². The molecule has 28 heavy (non-hydrogen) atoms. The Bertz CT molecular complexity index is 954. The van der Waals surface area contributed by atoms with Gasteiger partial charge in [-0.25, -0.2) is 0 Å². The molecule has 0 heterocycles. The molecule has 0 aliphatic carbocycles. The molecule has 0 bridgehead atoms. The van der Waals surface area contributed by atoms with E-state index in [4.69, 9.17) is 0 Å². The van der Waals surface area contributed by atoms with E-state index in [9.17, 15) is 0 Å². The molecule has 0 unspecified atom stereocenters. The van der Waals surface area contributed by atoms with Gasteiger partial charge in [0, 0.05) is 0 Å². The molecule has 0 spiro atoms. The van der Waals surface area contributed by atoms with Gasteiger partial charge in [-0.2, -0.15) is 0 Å². The molecule has 4 aromatic carbocycles. The third-order valence-electron chi connectivity index (χ3n) is 5.17. The Morgan fingerprint density at radius 3 is 1.18 bits per heavy atom. The van der Waals surface area contributed by atoms with Gasteiger partial charge in [-0.1, -0.05) is 0 Å². The molecule has 0 atom stereocenters. The maximum atomic E-state index is 4.47. The first-order valence-electron chi connectivity index (χ1n) is 8.98. The van der Waals surface area contributed by atoms with Gasteiger partial charge in [0.05, 0.1) is 0 Å². The summed E-state index contributed by atoms with van der Waals surface area (Å²) in [6, 6.07) is 40.9. The van der Waals surface area contributed by atoms with Crippen molar-refractivity contribution in [3.63, 3.8) is 0 Å². The predicted octanol–water partition coefficient (Wildman–Crippen LogP) is 1.03. The van der Waals surface area contributed by atoms with Crippen molar-refractivity contribution < 1.29 is 22.7 Å². The maximum absolute atomic E-state index is 4.47. The summed E-state index contributed by atoms with van der Waals surface area (Å²) in [5.74, 6) is 0. The van der Waals surface area contributed by atoms with Gasteiger partial charge in [0.15, 0.2) is 0 Å². The predicted molar refractivity (Wildman–Crippen MR) is 123 cm³/mol. The molecule has 1 nitrogen and oxygen atoms in total. The van der Waals surface area contributed by atoms with Crippen LogP contribution < -0.4 is 43.9 Å². The van der Waals surface area contributed by atoms with Crippen molar-refractivity contribution in [1.29, 1.82) is 0 Å². The third kappa shape index (κ3) is 3.07. The number of benzene rings is 4. The molecule has 0 saturated carbocycles. The second-order valence-electron chi connectivity index (χ2n) is 6.64. The fourth-order valence-corrected chi connectivity index (χ4v) is 12.0. The monoisotopic (exact) mass is 513 g/mol. The average molecular weight is 515 g/mol. The van der Waals surface area contributed by atoms with Crippen LogP contribution in [0.25, 0.3) is 0 Å². The van der Waals surface area contributed by atoms with Crippen molar-refractivity contribution >= 4 is 47.7 Å². The molecule has 0 aromatic heterocycles. The van der Waals surface area contributed by atoms with Crippen LogP contribution in [0.1, 0.15) is 0 Å². The Balaban J connectivity index is 0.00000225. The van der Waals surface area contributed by atoms with Gasteiger partial charge in [0.25, 0.3) is 0 Å². The van der Waals surface area contributed by atoms with Crippen LogP contribution in [-0.4, -0.2) is 0 Å². The van der Waals surface area contributed by atoms with Crippen LogP contribution in [0.4, 0.5) is 5.69 Å². The Kier molecular flexibility index (Phi) is 6.21. The first-order valence-corrected chi connectivity index (χ1v) is 13.2. The van der Waals surface area contributed by atoms with E-state index < -0.39 is 5.31 Å². The van der Waals surface area contributed by atoms with E-state index in [2.05, 4.69) is 136 Å².